The molecule has 0 fully saturated rings. The quantitative estimate of drug-likeness (QED) is 0.785. The first-order chi connectivity index (χ1) is 9.03. The van der Waals surface area contributed by atoms with Crippen LogP contribution in [0.4, 0.5) is 0 Å². The lowest BCUT2D eigenvalue weighted by Gasteiger charge is -2.12. The van der Waals surface area contributed by atoms with Gasteiger partial charge in [0.15, 0.2) is 0 Å². The molecule has 19 heavy (non-hydrogen) atoms. The van der Waals surface area contributed by atoms with Crippen LogP contribution in [-0.2, 0) is 22.5 Å². The summed E-state index contributed by atoms with van der Waals surface area (Å²) in [6.07, 6.45) is 0.765. The molecule has 0 spiro atoms. The molecular weight excluding hydrogens is 246 g/mol. The van der Waals surface area contributed by atoms with E-state index in [1.165, 1.54) is 0 Å². The zero-order valence-electron chi connectivity index (χ0n) is 11.9. The number of aromatic nitrogens is 2. The molecule has 0 saturated heterocycles. The number of carbonyl (C=O) groups excluding carboxylic acids is 2. The van der Waals surface area contributed by atoms with E-state index in [2.05, 4.69) is 10.4 Å². The van der Waals surface area contributed by atoms with E-state index in [1.807, 2.05) is 13.8 Å². The van der Waals surface area contributed by atoms with Crippen molar-refractivity contribution in [3.05, 3.63) is 17.5 Å². The summed E-state index contributed by atoms with van der Waals surface area (Å²) >= 11 is 0. The van der Waals surface area contributed by atoms with Gasteiger partial charge < -0.3 is 10.1 Å². The lowest BCUT2D eigenvalue weighted by atomic mass is 10.2. The van der Waals surface area contributed by atoms with Crippen molar-refractivity contribution in [2.24, 2.45) is 0 Å². The molecule has 106 valence electrons. The molecule has 0 aliphatic carbocycles. The first-order valence-corrected chi connectivity index (χ1v) is 6.57. The summed E-state index contributed by atoms with van der Waals surface area (Å²) in [7, 11) is 0. The number of nitrogens with one attached hydrogen (secondary N) is 1. The highest BCUT2D eigenvalue weighted by atomic mass is 16.5. The van der Waals surface area contributed by atoms with E-state index < -0.39 is 12.0 Å². The van der Waals surface area contributed by atoms with Crippen LogP contribution >= 0.6 is 0 Å². The SMILES string of the molecule is CCOC(=O)C(C)NC(=O)c1cc(CC)nn1CC. The maximum Gasteiger partial charge on any atom is 0.328 e. The van der Waals surface area contributed by atoms with E-state index >= 15 is 0 Å². The van der Waals surface area contributed by atoms with Gasteiger partial charge >= 0.3 is 5.97 Å². The van der Waals surface area contributed by atoms with E-state index in [-0.39, 0.29) is 5.91 Å². The van der Waals surface area contributed by atoms with Crippen LogP contribution in [0.2, 0.25) is 0 Å². The summed E-state index contributed by atoms with van der Waals surface area (Å²) in [5.74, 6) is -0.747. The number of nitrogens with zero attached hydrogens (tertiary/aromatic N) is 2. The number of hydrogen-bond donors (Lipinski definition) is 1. The van der Waals surface area contributed by atoms with Gasteiger partial charge in [0.1, 0.15) is 11.7 Å². The first-order valence-electron chi connectivity index (χ1n) is 6.57. The molecule has 0 saturated carbocycles. The minimum atomic E-state index is -0.669. The Bertz CT molecular complexity index is 454. The van der Waals surface area contributed by atoms with Crippen LogP contribution in [0.25, 0.3) is 0 Å². The molecule has 1 rings (SSSR count). The number of carbonyl (C=O) groups is 2. The Morgan fingerprint density at radius 1 is 1.42 bits per heavy atom. The van der Waals surface area contributed by atoms with Gasteiger partial charge in [0.25, 0.3) is 5.91 Å². The van der Waals surface area contributed by atoms with Crippen LogP contribution in [-0.4, -0.2) is 34.3 Å². The molecule has 0 aliphatic heterocycles. The maximum absolute atomic E-state index is 12.1. The topological polar surface area (TPSA) is 73.2 Å². The van der Waals surface area contributed by atoms with Gasteiger partial charge in [-0.3, -0.25) is 9.48 Å². The van der Waals surface area contributed by atoms with Crippen LogP contribution < -0.4 is 5.32 Å². The molecule has 1 N–H and O–H groups in total. The lowest BCUT2D eigenvalue weighted by Crippen LogP contribution is -2.40. The molecule has 1 aromatic rings. The highest BCUT2D eigenvalue weighted by Gasteiger charge is 2.20. The van der Waals surface area contributed by atoms with Crippen molar-refractivity contribution in [1.29, 1.82) is 0 Å². The highest BCUT2D eigenvalue weighted by Crippen LogP contribution is 2.06. The van der Waals surface area contributed by atoms with Gasteiger partial charge in [-0.1, -0.05) is 6.92 Å². The predicted octanol–water partition coefficient (Wildman–Crippen LogP) is 1.15. The second-order valence-electron chi connectivity index (χ2n) is 4.14. The second kappa shape index (κ2) is 6.92. The zero-order chi connectivity index (χ0) is 14.4. The largest absolute Gasteiger partial charge is 0.464 e. The summed E-state index contributed by atoms with van der Waals surface area (Å²) in [4.78, 5) is 23.6. The van der Waals surface area contributed by atoms with Gasteiger partial charge in [-0.25, -0.2) is 4.79 Å². The first kappa shape index (κ1) is 15.2. The van der Waals surface area contributed by atoms with E-state index in [9.17, 15) is 9.59 Å². The van der Waals surface area contributed by atoms with Crippen molar-refractivity contribution < 1.29 is 14.3 Å². The van der Waals surface area contributed by atoms with Crippen LogP contribution in [0.3, 0.4) is 0 Å². The van der Waals surface area contributed by atoms with Crippen LogP contribution in [0.5, 0.6) is 0 Å². The molecule has 6 nitrogen and oxygen atoms in total. The molecule has 0 aliphatic rings. The van der Waals surface area contributed by atoms with Crippen molar-refractivity contribution in [3.8, 4) is 0 Å². The predicted molar refractivity (Wildman–Crippen MR) is 70.8 cm³/mol. The van der Waals surface area contributed by atoms with Crippen molar-refractivity contribution in [3.63, 3.8) is 0 Å². The Morgan fingerprint density at radius 2 is 2.11 bits per heavy atom. The number of hydrogen-bond acceptors (Lipinski definition) is 4. The average molecular weight is 267 g/mol. The summed E-state index contributed by atoms with van der Waals surface area (Å²) in [6, 6.07) is 1.08. The maximum atomic E-state index is 12.1. The highest BCUT2D eigenvalue weighted by molar-refractivity contribution is 5.95. The summed E-state index contributed by atoms with van der Waals surface area (Å²) < 4.78 is 6.48. The minimum Gasteiger partial charge on any atom is -0.464 e. The lowest BCUT2D eigenvalue weighted by molar-refractivity contribution is -0.144. The zero-order valence-corrected chi connectivity index (χ0v) is 11.9. The Labute approximate surface area is 113 Å². The number of rotatable bonds is 6. The number of amides is 1. The van der Waals surface area contributed by atoms with Crippen LogP contribution in [0.15, 0.2) is 6.07 Å². The van der Waals surface area contributed by atoms with Crippen molar-refractivity contribution >= 4 is 11.9 Å². The number of ether oxygens (including phenoxy) is 1. The Balaban J connectivity index is 2.77. The normalized spacial score (nSPS) is 12.0. The molecule has 0 bridgehead atoms. The fourth-order valence-corrected chi connectivity index (χ4v) is 1.66. The fraction of sp³-hybridized carbons (Fsp3) is 0.615. The molecule has 6 heteroatoms. The third-order valence-corrected chi connectivity index (χ3v) is 2.71. The third kappa shape index (κ3) is 3.81. The summed E-state index contributed by atoms with van der Waals surface area (Å²) in [5, 5.41) is 6.91. The number of aryl methyl sites for hydroxylation is 2. The van der Waals surface area contributed by atoms with E-state index in [4.69, 9.17) is 4.74 Å². The van der Waals surface area contributed by atoms with E-state index in [0.29, 0.717) is 18.8 Å². The molecule has 1 atom stereocenters. The van der Waals surface area contributed by atoms with Crippen molar-refractivity contribution in [2.45, 2.75) is 46.7 Å². The monoisotopic (exact) mass is 267 g/mol. The van der Waals surface area contributed by atoms with Gasteiger partial charge in [-0.15, -0.1) is 0 Å². The Morgan fingerprint density at radius 3 is 2.63 bits per heavy atom. The molecular formula is C13H21N3O3. The Kier molecular flexibility index (Phi) is 5.54. The van der Waals surface area contributed by atoms with Crippen molar-refractivity contribution in [1.82, 2.24) is 15.1 Å². The molecule has 1 amide bonds. The van der Waals surface area contributed by atoms with Crippen LogP contribution in [0, 0.1) is 0 Å². The molecule has 1 aromatic heterocycles. The fourth-order valence-electron chi connectivity index (χ4n) is 1.66. The number of esters is 1. The van der Waals surface area contributed by atoms with Crippen molar-refractivity contribution in [2.75, 3.05) is 6.61 Å². The second-order valence-corrected chi connectivity index (χ2v) is 4.14. The Hall–Kier alpha value is -1.85. The van der Waals surface area contributed by atoms with Gasteiger partial charge in [0, 0.05) is 6.54 Å². The van der Waals surface area contributed by atoms with E-state index in [1.54, 1.807) is 24.6 Å². The molecule has 0 aromatic carbocycles. The molecule has 0 radical (unpaired) electrons. The van der Waals surface area contributed by atoms with Gasteiger partial charge in [0.2, 0.25) is 0 Å². The van der Waals surface area contributed by atoms with Gasteiger partial charge in [-0.05, 0) is 33.3 Å². The minimum absolute atomic E-state index is 0.298. The van der Waals surface area contributed by atoms with Gasteiger partial charge in [-0.2, -0.15) is 5.10 Å². The van der Waals surface area contributed by atoms with E-state index in [0.717, 1.165) is 12.1 Å². The summed E-state index contributed by atoms with van der Waals surface area (Å²) in [5.41, 5.74) is 1.33. The third-order valence-electron chi connectivity index (χ3n) is 2.71. The summed E-state index contributed by atoms with van der Waals surface area (Å²) in [6.45, 7) is 8.13. The smallest absolute Gasteiger partial charge is 0.328 e. The van der Waals surface area contributed by atoms with Crippen LogP contribution in [0.1, 0.15) is 43.9 Å². The molecule has 1 unspecified atom stereocenters. The standard InChI is InChI=1S/C13H21N3O3/c1-5-10-8-11(16(6-2)15-10)12(17)14-9(4)13(18)19-7-3/h8-9H,5-7H2,1-4H3,(H,14,17). The average Bonchev–Trinajstić information content (AvgIpc) is 2.82. The van der Waals surface area contributed by atoms with Gasteiger partial charge in [0.05, 0.1) is 12.3 Å². The molecule has 1 heterocycles.